The zero-order valence-electron chi connectivity index (χ0n) is 13.5. The number of amides is 1. The van der Waals surface area contributed by atoms with Crippen LogP contribution in [0.2, 0.25) is 5.15 Å². The molecule has 0 radical (unpaired) electrons. The van der Waals surface area contributed by atoms with Gasteiger partial charge < -0.3 is 4.90 Å². The summed E-state index contributed by atoms with van der Waals surface area (Å²) in [7, 11) is 0. The Morgan fingerprint density at radius 1 is 1.35 bits per heavy atom. The van der Waals surface area contributed by atoms with E-state index in [0.29, 0.717) is 23.3 Å². The molecule has 1 fully saturated rings. The smallest absolute Gasteiger partial charge is 0.219 e. The van der Waals surface area contributed by atoms with Gasteiger partial charge in [0.15, 0.2) is 0 Å². The molecule has 0 saturated carbocycles. The van der Waals surface area contributed by atoms with E-state index in [4.69, 9.17) is 11.6 Å². The van der Waals surface area contributed by atoms with E-state index in [-0.39, 0.29) is 17.9 Å². The summed E-state index contributed by atoms with van der Waals surface area (Å²) in [6.45, 7) is 6.25. The summed E-state index contributed by atoms with van der Waals surface area (Å²) in [6.07, 6.45) is 5.50. The van der Waals surface area contributed by atoms with Gasteiger partial charge in [0.05, 0.1) is 5.69 Å². The number of likely N-dealkylation sites (tertiary alicyclic amines) is 1. The number of carbonyl (C=O) groups is 1. The third kappa shape index (κ3) is 3.37. The molecule has 0 aromatic carbocycles. The Morgan fingerprint density at radius 2 is 2.13 bits per heavy atom. The highest BCUT2D eigenvalue weighted by Crippen LogP contribution is 2.29. The molecule has 2 aromatic heterocycles. The highest BCUT2D eigenvalue weighted by atomic mass is 35.5. The highest BCUT2D eigenvalue weighted by Gasteiger charge is 2.30. The predicted octanol–water partition coefficient (Wildman–Crippen LogP) is 2.74. The molecule has 23 heavy (non-hydrogen) atoms. The van der Waals surface area contributed by atoms with Gasteiger partial charge in [-0.05, 0) is 26.7 Å². The van der Waals surface area contributed by atoms with Crippen molar-refractivity contribution in [2.24, 2.45) is 0 Å². The lowest BCUT2D eigenvalue weighted by atomic mass is 9.92. The number of aromatic nitrogens is 4. The van der Waals surface area contributed by atoms with Crippen LogP contribution < -0.4 is 0 Å². The van der Waals surface area contributed by atoms with Crippen LogP contribution in [0.5, 0.6) is 0 Å². The number of hydrogen-bond acceptors (Lipinski definition) is 4. The van der Waals surface area contributed by atoms with Gasteiger partial charge in [0.2, 0.25) is 5.91 Å². The molecule has 2 aromatic rings. The number of aryl methyl sites for hydroxylation is 1. The quantitative estimate of drug-likeness (QED) is 0.793. The molecule has 0 N–H and O–H groups in total. The molecule has 0 aliphatic carbocycles. The molecular formula is C16H20ClN5O. The van der Waals surface area contributed by atoms with E-state index in [2.05, 4.69) is 21.9 Å². The van der Waals surface area contributed by atoms with Crippen LogP contribution in [0.3, 0.4) is 0 Å². The summed E-state index contributed by atoms with van der Waals surface area (Å²) >= 11 is 6.19. The summed E-state index contributed by atoms with van der Waals surface area (Å²) in [4.78, 5) is 26.9. The molecule has 0 unspecified atom stereocenters. The first-order chi connectivity index (χ1) is 10.9. The van der Waals surface area contributed by atoms with Crippen LogP contribution in [0.1, 0.15) is 44.1 Å². The van der Waals surface area contributed by atoms with E-state index in [1.807, 2.05) is 22.6 Å². The van der Waals surface area contributed by atoms with Crippen molar-refractivity contribution in [2.75, 3.05) is 6.54 Å². The molecule has 6 nitrogen and oxygen atoms in total. The first-order valence-electron chi connectivity index (χ1n) is 7.76. The highest BCUT2D eigenvalue weighted by molar-refractivity contribution is 6.29. The molecule has 0 bridgehead atoms. The Balaban J connectivity index is 1.91. The van der Waals surface area contributed by atoms with Crippen LogP contribution in [-0.2, 0) is 4.79 Å². The maximum atomic E-state index is 11.8. The summed E-state index contributed by atoms with van der Waals surface area (Å²) in [6, 6.07) is 1.99. The number of piperidine rings is 1. The Labute approximate surface area is 140 Å². The molecular weight excluding hydrogens is 314 g/mol. The second-order valence-corrected chi connectivity index (χ2v) is 6.51. The second kappa shape index (κ2) is 6.28. The summed E-state index contributed by atoms with van der Waals surface area (Å²) in [5.74, 6) is 1.59. The van der Waals surface area contributed by atoms with E-state index < -0.39 is 0 Å². The molecule has 1 amide bonds. The Bertz CT molecular complexity index is 729. The van der Waals surface area contributed by atoms with Crippen LogP contribution in [0, 0.1) is 6.92 Å². The third-order valence-electron chi connectivity index (χ3n) is 4.33. The van der Waals surface area contributed by atoms with Crippen LogP contribution in [0.4, 0.5) is 0 Å². The fourth-order valence-corrected chi connectivity index (χ4v) is 3.22. The number of carbonyl (C=O) groups excluding carboxylic acids is 1. The minimum Gasteiger partial charge on any atom is -0.340 e. The maximum Gasteiger partial charge on any atom is 0.219 e. The standard InChI is InChI=1S/C16H20ClN5O/c1-10-7-21(9-18-10)15-6-14(17)19-16(20-15)13-5-4-11(2)22(8-13)12(3)23/h6-7,9,11,13H,4-5,8H2,1-3H3/t11-,13+/m0/s1. The van der Waals surface area contributed by atoms with Crippen LogP contribution >= 0.6 is 11.6 Å². The molecule has 1 aliphatic rings. The Kier molecular flexibility index (Phi) is 4.35. The topological polar surface area (TPSA) is 63.9 Å². The summed E-state index contributed by atoms with van der Waals surface area (Å²) < 4.78 is 1.83. The van der Waals surface area contributed by atoms with Gasteiger partial charge in [-0.25, -0.2) is 15.0 Å². The lowest BCUT2D eigenvalue weighted by molar-refractivity contribution is -0.132. The van der Waals surface area contributed by atoms with Crippen molar-refractivity contribution in [1.29, 1.82) is 0 Å². The van der Waals surface area contributed by atoms with Gasteiger partial charge in [-0.2, -0.15) is 0 Å². The van der Waals surface area contributed by atoms with Gasteiger partial charge in [-0.1, -0.05) is 11.6 Å². The minimum atomic E-state index is 0.0923. The van der Waals surface area contributed by atoms with Gasteiger partial charge in [0.1, 0.15) is 23.1 Å². The maximum absolute atomic E-state index is 11.8. The van der Waals surface area contributed by atoms with Gasteiger partial charge in [-0.3, -0.25) is 9.36 Å². The van der Waals surface area contributed by atoms with Crippen molar-refractivity contribution in [3.63, 3.8) is 0 Å². The third-order valence-corrected chi connectivity index (χ3v) is 4.52. The first kappa shape index (κ1) is 15.9. The van der Waals surface area contributed by atoms with Crippen LogP contribution in [-0.4, -0.2) is 42.9 Å². The lowest BCUT2D eigenvalue weighted by Gasteiger charge is -2.36. The van der Waals surface area contributed by atoms with Crippen molar-refractivity contribution in [3.05, 3.63) is 35.3 Å². The van der Waals surface area contributed by atoms with E-state index in [9.17, 15) is 4.79 Å². The normalized spacial score (nSPS) is 21.5. The van der Waals surface area contributed by atoms with E-state index in [1.54, 1.807) is 19.3 Å². The molecule has 3 rings (SSSR count). The molecule has 0 spiro atoms. The first-order valence-corrected chi connectivity index (χ1v) is 8.14. The van der Waals surface area contributed by atoms with E-state index in [1.165, 1.54) is 0 Å². The zero-order valence-corrected chi connectivity index (χ0v) is 14.3. The number of halogens is 1. The number of rotatable bonds is 2. The lowest BCUT2D eigenvalue weighted by Crippen LogP contribution is -2.44. The molecule has 3 heterocycles. The largest absolute Gasteiger partial charge is 0.340 e. The van der Waals surface area contributed by atoms with Crippen LogP contribution in [0.25, 0.3) is 5.82 Å². The predicted molar refractivity (Wildman–Crippen MR) is 87.7 cm³/mol. The number of imidazole rings is 1. The number of nitrogens with zero attached hydrogens (tertiary/aromatic N) is 5. The summed E-state index contributed by atoms with van der Waals surface area (Å²) in [5, 5.41) is 0.407. The van der Waals surface area contributed by atoms with Gasteiger partial charge in [0, 0.05) is 37.7 Å². The molecule has 2 atom stereocenters. The van der Waals surface area contributed by atoms with Crippen molar-refractivity contribution in [3.8, 4) is 5.82 Å². The average molecular weight is 334 g/mol. The van der Waals surface area contributed by atoms with Crippen molar-refractivity contribution in [1.82, 2.24) is 24.4 Å². The molecule has 122 valence electrons. The van der Waals surface area contributed by atoms with Gasteiger partial charge in [-0.15, -0.1) is 0 Å². The number of hydrogen-bond donors (Lipinski definition) is 0. The molecule has 1 saturated heterocycles. The Hall–Kier alpha value is -1.95. The van der Waals surface area contributed by atoms with E-state index >= 15 is 0 Å². The van der Waals surface area contributed by atoms with Gasteiger partial charge in [0.25, 0.3) is 0 Å². The van der Waals surface area contributed by atoms with Crippen molar-refractivity contribution < 1.29 is 4.79 Å². The average Bonchev–Trinajstić information content (AvgIpc) is 2.93. The van der Waals surface area contributed by atoms with E-state index in [0.717, 1.165) is 18.5 Å². The molecule has 7 heteroatoms. The monoisotopic (exact) mass is 333 g/mol. The fourth-order valence-electron chi connectivity index (χ4n) is 3.04. The second-order valence-electron chi connectivity index (χ2n) is 6.12. The van der Waals surface area contributed by atoms with Crippen molar-refractivity contribution >= 4 is 17.5 Å². The van der Waals surface area contributed by atoms with Gasteiger partial charge >= 0.3 is 0 Å². The molecule has 1 aliphatic heterocycles. The zero-order chi connectivity index (χ0) is 16.6. The SMILES string of the molecule is CC(=O)N1C[C@H](c2nc(Cl)cc(-n3cnc(C)c3)n2)CC[C@@H]1C. The minimum absolute atomic E-state index is 0.0923. The summed E-state index contributed by atoms with van der Waals surface area (Å²) in [5.41, 5.74) is 0.913. The fraction of sp³-hybridized carbons (Fsp3) is 0.500. The van der Waals surface area contributed by atoms with Crippen molar-refractivity contribution in [2.45, 2.75) is 45.6 Å². The Morgan fingerprint density at radius 3 is 2.78 bits per heavy atom. The van der Waals surface area contributed by atoms with Crippen LogP contribution in [0.15, 0.2) is 18.6 Å².